The van der Waals surface area contributed by atoms with Gasteiger partial charge in [0.1, 0.15) is 0 Å². The van der Waals surface area contributed by atoms with Crippen LogP contribution in [-0.4, -0.2) is 64.6 Å². The zero-order valence-corrected chi connectivity index (χ0v) is 12.8. The second-order valence-electron chi connectivity index (χ2n) is 5.75. The fourth-order valence-electron chi connectivity index (χ4n) is 3.12. The lowest BCUT2D eigenvalue weighted by Crippen LogP contribution is -2.54. The average molecular weight is 299 g/mol. The molecule has 22 heavy (non-hydrogen) atoms. The van der Waals surface area contributed by atoms with E-state index in [9.17, 15) is 4.79 Å². The maximum atomic E-state index is 12.9. The van der Waals surface area contributed by atoms with E-state index >= 15 is 0 Å². The second-order valence-corrected chi connectivity index (χ2v) is 5.75. The summed E-state index contributed by atoms with van der Waals surface area (Å²) in [6.45, 7) is 5.19. The third-order valence-corrected chi connectivity index (χ3v) is 4.26. The van der Waals surface area contributed by atoms with Crippen molar-refractivity contribution in [3.8, 4) is 0 Å². The van der Waals surface area contributed by atoms with Crippen LogP contribution in [0, 0.1) is 0 Å². The molecule has 1 atom stereocenters. The smallest absolute Gasteiger partial charge is 0.254 e. The average Bonchev–Trinajstić information content (AvgIpc) is 2.54. The Morgan fingerprint density at radius 1 is 1.32 bits per heavy atom. The number of hydrogen-bond acceptors (Lipinski definition) is 4. The number of benzene rings is 1. The van der Waals surface area contributed by atoms with E-state index in [1.54, 1.807) is 6.20 Å². The molecule has 1 aromatic carbocycles. The molecule has 1 aliphatic rings. The topological polar surface area (TPSA) is 56.7 Å². The quantitative estimate of drug-likeness (QED) is 0.930. The molecule has 1 fully saturated rings. The van der Waals surface area contributed by atoms with Gasteiger partial charge in [0.05, 0.1) is 12.1 Å². The number of aliphatic hydroxyl groups is 1. The van der Waals surface area contributed by atoms with E-state index in [1.165, 1.54) is 0 Å². The van der Waals surface area contributed by atoms with Gasteiger partial charge in [-0.25, -0.2) is 0 Å². The SMILES string of the molecule is CC1CN(CCO)CCN1C(=O)c1cccc2ncccc12. The first-order chi connectivity index (χ1) is 10.7. The van der Waals surface area contributed by atoms with Crippen molar-refractivity contribution in [3.63, 3.8) is 0 Å². The van der Waals surface area contributed by atoms with E-state index in [0.717, 1.165) is 24.0 Å². The van der Waals surface area contributed by atoms with E-state index in [0.29, 0.717) is 18.7 Å². The Bertz CT molecular complexity index is 669. The van der Waals surface area contributed by atoms with E-state index < -0.39 is 0 Å². The minimum Gasteiger partial charge on any atom is -0.395 e. The van der Waals surface area contributed by atoms with Crippen LogP contribution in [0.1, 0.15) is 17.3 Å². The molecule has 0 spiro atoms. The first kappa shape index (κ1) is 14.9. The van der Waals surface area contributed by atoms with E-state index in [2.05, 4.69) is 16.8 Å². The lowest BCUT2D eigenvalue weighted by Gasteiger charge is -2.39. The predicted molar refractivity (Wildman–Crippen MR) is 85.8 cm³/mol. The third kappa shape index (κ3) is 2.82. The Balaban J connectivity index is 1.84. The van der Waals surface area contributed by atoms with Crippen molar-refractivity contribution >= 4 is 16.8 Å². The van der Waals surface area contributed by atoms with Crippen LogP contribution in [0.4, 0.5) is 0 Å². The number of nitrogens with zero attached hydrogens (tertiary/aromatic N) is 3. The van der Waals surface area contributed by atoms with Gasteiger partial charge in [0.25, 0.3) is 5.91 Å². The van der Waals surface area contributed by atoms with Gasteiger partial charge in [-0.05, 0) is 25.1 Å². The largest absolute Gasteiger partial charge is 0.395 e. The maximum Gasteiger partial charge on any atom is 0.254 e. The van der Waals surface area contributed by atoms with Crippen molar-refractivity contribution in [2.24, 2.45) is 0 Å². The third-order valence-electron chi connectivity index (χ3n) is 4.26. The van der Waals surface area contributed by atoms with E-state index in [1.807, 2.05) is 35.2 Å². The number of piperazine rings is 1. The van der Waals surface area contributed by atoms with Gasteiger partial charge in [-0.3, -0.25) is 14.7 Å². The molecule has 5 nitrogen and oxygen atoms in total. The second kappa shape index (κ2) is 6.42. The van der Waals surface area contributed by atoms with E-state index in [-0.39, 0.29) is 18.6 Å². The summed E-state index contributed by atoms with van der Waals surface area (Å²) in [7, 11) is 0. The highest BCUT2D eigenvalue weighted by Crippen LogP contribution is 2.20. The zero-order chi connectivity index (χ0) is 15.5. The van der Waals surface area contributed by atoms with Gasteiger partial charge in [-0.15, -0.1) is 0 Å². The maximum absolute atomic E-state index is 12.9. The lowest BCUT2D eigenvalue weighted by molar-refractivity contribution is 0.0459. The molecule has 116 valence electrons. The summed E-state index contributed by atoms with van der Waals surface area (Å²) < 4.78 is 0. The number of carbonyl (C=O) groups is 1. The van der Waals surface area contributed by atoms with Crippen molar-refractivity contribution in [1.82, 2.24) is 14.8 Å². The van der Waals surface area contributed by atoms with Crippen molar-refractivity contribution in [1.29, 1.82) is 0 Å². The van der Waals surface area contributed by atoms with Crippen LogP contribution in [0.15, 0.2) is 36.5 Å². The van der Waals surface area contributed by atoms with Crippen LogP contribution < -0.4 is 0 Å². The molecule has 0 radical (unpaired) electrons. The Labute approximate surface area is 130 Å². The molecule has 1 aromatic heterocycles. The van der Waals surface area contributed by atoms with Crippen LogP contribution in [0.5, 0.6) is 0 Å². The molecule has 0 bridgehead atoms. The molecule has 2 aromatic rings. The Morgan fingerprint density at radius 3 is 2.95 bits per heavy atom. The highest BCUT2D eigenvalue weighted by Gasteiger charge is 2.28. The van der Waals surface area contributed by atoms with Gasteiger partial charge >= 0.3 is 0 Å². The number of aromatic nitrogens is 1. The summed E-state index contributed by atoms with van der Waals surface area (Å²) in [5, 5.41) is 9.95. The van der Waals surface area contributed by atoms with E-state index in [4.69, 9.17) is 5.11 Å². The van der Waals surface area contributed by atoms with Gasteiger partial charge < -0.3 is 10.0 Å². The number of carbonyl (C=O) groups excluding carboxylic acids is 1. The van der Waals surface area contributed by atoms with Crippen molar-refractivity contribution in [2.45, 2.75) is 13.0 Å². The lowest BCUT2D eigenvalue weighted by atomic mass is 10.1. The molecular weight excluding hydrogens is 278 g/mol. The molecule has 0 aliphatic carbocycles. The highest BCUT2D eigenvalue weighted by molar-refractivity contribution is 6.06. The predicted octanol–water partition coefficient (Wildman–Crippen LogP) is 1.37. The number of hydrogen-bond donors (Lipinski definition) is 1. The van der Waals surface area contributed by atoms with Crippen molar-refractivity contribution < 1.29 is 9.90 Å². The normalized spacial score (nSPS) is 19.5. The Hall–Kier alpha value is -1.98. The number of fused-ring (bicyclic) bond motifs is 1. The van der Waals surface area contributed by atoms with Crippen LogP contribution >= 0.6 is 0 Å². The molecule has 1 aliphatic heterocycles. The highest BCUT2D eigenvalue weighted by atomic mass is 16.3. The molecule has 1 unspecified atom stereocenters. The van der Waals surface area contributed by atoms with Crippen molar-refractivity contribution in [3.05, 3.63) is 42.1 Å². The number of β-amino-alcohol motifs (C(OH)–C–C–N with tert-alkyl or cyclic N) is 1. The molecule has 3 rings (SSSR count). The number of rotatable bonds is 3. The van der Waals surface area contributed by atoms with Gasteiger partial charge in [0, 0.05) is 49.4 Å². The Morgan fingerprint density at radius 2 is 2.18 bits per heavy atom. The van der Waals surface area contributed by atoms with Gasteiger partial charge in [0.15, 0.2) is 0 Å². The van der Waals surface area contributed by atoms with Crippen LogP contribution in [-0.2, 0) is 0 Å². The zero-order valence-electron chi connectivity index (χ0n) is 12.8. The van der Waals surface area contributed by atoms with Gasteiger partial charge in [-0.2, -0.15) is 0 Å². The first-order valence-corrected chi connectivity index (χ1v) is 7.68. The fourth-order valence-corrected chi connectivity index (χ4v) is 3.12. The first-order valence-electron chi connectivity index (χ1n) is 7.68. The summed E-state index contributed by atoms with van der Waals surface area (Å²) >= 11 is 0. The van der Waals surface area contributed by atoms with Gasteiger partial charge in [0.2, 0.25) is 0 Å². The summed E-state index contributed by atoms with van der Waals surface area (Å²) in [5.74, 6) is 0.0646. The summed E-state index contributed by atoms with van der Waals surface area (Å²) in [4.78, 5) is 21.4. The van der Waals surface area contributed by atoms with Crippen LogP contribution in [0.25, 0.3) is 10.9 Å². The molecule has 1 N–H and O–H groups in total. The molecular formula is C17H21N3O2. The molecule has 1 amide bonds. The minimum absolute atomic E-state index is 0.0646. The minimum atomic E-state index is 0.0646. The standard InChI is InChI=1S/C17H21N3O2/c1-13-12-19(10-11-21)8-9-20(13)17(22)15-4-2-6-16-14(15)5-3-7-18-16/h2-7,13,21H,8-12H2,1H3. The number of pyridine rings is 1. The molecule has 2 heterocycles. The summed E-state index contributed by atoms with van der Waals surface area (Å²) in [5.41, 5.74) is 1.56. The monoisotopic (exact) mass is 299 g/mol. The molecule has 5 heteroatoms. The van der Waals surface area contributed by atoms with Gasteiger partial charge in [-0.1, -0.05) is 12.1 Å². The molecule has 0 saturated carbocycles. The molecule has 1 saturated heterocycles. The summed E-state index contributed by atoms with van der Waals surface area (Å²) in [6.07, 6.45) is 1.74. The number of aliphatic hydroxyl groups excluding tert-OH is 1. The summed E-state index contributed by atoms with van der Waals surface area (Å²) in [6, 6.07) is 9.63. The number of amides is 1. The van der Waals surface area contributed by atoms with Crippen LogP contribution in [0.3, 0.4) is 0 Å². The fraction of sp³-hybridized carbons (Fsp3) is 0.412. The Kier molecular flexibility index (Phi) is 4.36. The van der Waals surface area contributed by atoms with Crippen molar-refractivity contribution in [2.75, 3.05) is 32.8 Å². The van der Waals surface area contributed by atoms with Crippen LogP contribution in [0.2, 0.25) is 0 Å².